The van der Waals surface area contributed by atoms with Gasteiger partial charge in [0.05, 0.1) is 17.5 Å². The van der Waals surface area contributed by atoms with E-state index in [1.165, 1.54) is 24.3 Å². The molecular formula is C24H18F6N2O2. The van der Waals surface area contributed by atoms with E-state index in [0.717, 1.165) is 5.56 Å². The molecule has 0 aliphatic carbocycles. The number of benzene rings is 2. The molecule has 0 unspecified atom stereocenters. The molecule has 1 aromatic heterocycles. The van der Waals surface area contributed by atoms with Gasteiger partial charge in [0, 0.05) is 30.1 Å². The molecule has 0 aliphatic heterocycles. The standard InChI is InChI=1S/C24H18F6N2O2/c25-23(26,27)18-10-16(11-19(13-18)24(28,29)30)12-22(34)32-20-6-4-17(5-7-20)21(33)8-3-15-2-1-9-31-14-15/h1-2,4-7,9-11,13-14H,3,8,12H2,(H,32,34). The molecule has 0 bridgehead atoms. The molecule has 178 valence electrons. The molecule has 0 aliphatic rings. The predicted molar refractivity (Wildman–Crippen MR) is 112 cm³/mol. The zero-order valence-corrected chi connectivity index (χ0v) is 17.5. The monoisotopic (exact) mass is 480 g/mol. The summed E-state index contributed by atoms with van der Waals surface area (Å²) in [5, 5.41) is 2.41. The van der Waals surface area contributed by atoms with Crippen LogP contribution in [-0.2, 0) is 30.0 Å². The maximum atomic E-state index is 13.0. The van der Waals surface area contributed by atoms with Gasteiger partial charge in [-0.15, -0.1) is 0 Å². The van der Waals surface area contributed by atoms with Crippen molar-refractivity contribution in [3.8, 4) is 0 Å². The van der Waals surface area contributed by atoms with Gasteiger partial charge in [-0.2, -0.15) is 26.3 Å². The van der Waals surface area contributed by atoms with Crippen molar-refractivity contribution in [1.29, 1.82) is 0 Å². The quantitative estimate of drug-likeness (QED) is 0.328. The number of aryl methyl sites for hydroxylation is 1. The van der Waals surface area contributed by atoms with Gasteiger partial charge in [-0.05, 0) is 66.1 Å². The van der Waals surface area contributed by atoms with Gasteiger partial charge in [-0.1, -0.05) is 6.07 Å². The highest BCUT2D eigenvalue weighted by atomic mass is 19.4. The number of nitrogens with zero attached hydrogens (tertiary/aromatic N) is 1. The van der Waals surface area contributed by atoms with Gasteiger partial charge in [0.15, 0.2) is 5.78 Å². The Labute approximate surface area is 190 Å². The number of alkyl halides is 6. The minimum Gasteiger partial charge on any atom is -0.326 e. The first-order valence-corrected chi connectivity index (χ1v) is 10.0. The summed E-state index contributed by atoms with van der Waals surface area (Å²) in [6, 6.07) is 10.5. The van der Waals surface area contributed by atoms with Crippen molar-refractivity contribution in [1.82, 2.24) is 4.98 Å². The summed E-state index contributed by atoms with van der Waals surface area (Å²) in [5.41, 5.74) is -1.85. The summed E-state index contributed by atoms with van der Waals surface area (Å²) in [6.07, 6.45) is -6.65. The van der Waals surface area contributed by atoms with Crippen molar-refractivity contribution in [3.05, 3.63) is 94.8 Å². The maximum absolute atomic E-state index is 13.0. The molecule has 0 spiro atoms. The Morgan fingerprint density at radius 2 is 1.44 bits per heavy atom. The molecule has 0 radical (unpaired) electrons. The summed E-state index contributed by atoms with van der Waals surface area (Å²) in [5.74, 6) is -0.937. The summed E-state index contributed by atoms with van der Waals surface area (Å²) >= 11 is 0. The third-order valence-corrected chi connectivity index (χ3v) is 4.87. The minimum atomic E-state index is -4.99. The molecule has 4 nitrogen and oxygen atoms in total. The van der Waals surface area contributed by atoms with Gasteiger partial charge in [-0.25, -0.2) is 0 Å². The fraction of sp³-hybridized carbons (Fsp3) is 0.208. The Morgan fingerprint density at radius 1 is 0.824 bits per heavy atom. The molecule has 1 heterocycles. The third-order valence-electron chi connectivity index (χ3n) is 4.87. The van der Waals surface area contributed by atoms with Gasteiger partial charge in [0.25, 0.3) is 0 Å². The molecule has 10 heteroatoms. The van der Waals surface area contributed by atoms with Crippen LogP contribution in [-0.4, -0.2) is 16.7 Å². The number of Topliss-reactive ketones (excluding diaryl/α,β-unsaturated/α-hetero) is 1. The number of carbonyl (C=O) groups excluding carboxylic acids is 2. The molecule has 0 saturated carbocycles. The second-order valence-electron chi connectivity index (χ2n) is 7.50. The SMILES string of the molecule is O=C(Cc1cc(C(F)(F)F)cc(C(F)(F)F)c1)Nc1ccc(C(=O)CCc2cccnc2)cc1. The Hall–Kier alpha value is -3.69. The van der Waals surface area contributed by atoms with Crippen LogP contribution in [0.1, 0.15) is 39.0 Å². The topological polar surface area (TPSA) is 59.1 Å². The minimum absolute atomic E-state index is 0.00540. The van der Waals surface area contributed by atoms with E-state index < -0.39 is 41.4 Å². The molecule has 0 atom stereocenters. The van der Waals surface area contributed by atoms with Crippen LogP contribution in [0.25, 0.3) is 0 Å². The molecule has 34 heavy (non-hydrogen) atoms. The maximum Gasteiger partial charge on any atom is 0.416 e. The smallest absolute Gasteiger partial charge is 0.326 e. The molecule has 0 fully saturated rings. The number of pyridine rings is 1. The summed E-state index contributed by atoms with van der Waals surface area (Å²) in [4.78, 5) is 28.5. The number of halogens is 6. The lowest BCUT2D eigenvalue weighted by molar-refractivity contribution is -0.143. The van der Waals surface area contributed by atoms with Gasteiger partial charge in [0.2, 0.25) is 5.91 Å². The molecular weight excluding hydrogens is 462 g/mol. The van der Waals surface area contributed by atoms with Crippen LogP contribution in [0.4, 0.5) is 32.0 Å². The lowest BCUT2D eigenvalue weighted by atomic mass is 10.0. The molecule has 2 aromatic carbocycles. The fourth-order valence-electron chi connectivity index (χ4n) is 3.20. The number of carbonyl (C=O) groups is 2. The first kappa shape index (κ1) is 24.9. The van der Waals surface area contributed by atoms with Gasteiger partial charge in [0.1, 0.15) is 0 Å². The molecule has 3 aromatic rings. The highest BCUT2D eigenvalue weighted by Crippen LogP contribution is 2.36. The van der Waals surface area contributed by atoms with Crippen molar-refractivity contribution in [2.45, 2.75) is 31.6 Å². The lowest BCUT2D eigenvalue weighted by Gasteiger charge is -2.14. The first-order valence-electron chi connectivity index (χ1n) is 10.0. The number of hydrogen-bond donors (Lipinski definition) is 1. The number of aromatic nitrogens is 1. The first-order chi connectivity index (χ1) is 15.9. The molecule has 0 saturated heterocycles. The molecule has 1 N–H and O–H groups in total. The fourth-order valence-corrected chi connectivity index (χ4v) is 3.20. The zero-order valence-electron chi connectivity index (χ0n) is 17.5. The van der Waals surface area contributed by atoms with Crippen molar-refractivity contribution < 1.29 is 35.9 Å². The van der Waals surface area contributed by atoms with E-state index in [4.69, 9.17) is 0 Å². The van der Waals surface area contributed by atoms with Crippen LogP contribution in [0.2, 0.25) is 0 Å². The highest BCUT2D eigenvalue weighted by molar-refractivity contribution is 5.97. The molecule has 1 amide bonds. The Balaban J connectivity index is 1.64. The van der Waals surface area contributed by atoms with E-state index in [1.54, 1.807) is 18.5 Å². The van der Waals surface area contributed by atoms with Crippen molar-refractivity contribution in [3.63, 3.8) is 0 Å². The number of rotatable bonds is 7. The van der Waals surface area contributed by atoms with Crippen molar-refractivity contribution in [2.24, 2.45) is 0 Å². The highest BCUT2D eigenvalue weighted by Gasteiger charge is 2.37. The van der Waals surface area contributed by atoms with Crippen LogP contribution in [0.15, 0.2) is 67.0 Å². The van der Waals surface area contributed by atoms with Gasteiger partial charge >= 0.3 is 12.4 Å². The number of amides is 1. The van der Waals surface area contributed by atoms with E-state index in [2.05, 4.69) is 10.3 Å². The lowest BCUT2D eigenvalue weighted by Crippen LogP contribution is -2.17. The summed E-state index contributed by atoms with van der Waals surface area (Å²) in [7, 11) is 0. The van der Waals surface area contributed by atoms with Crippen LogP contribution in [0.3, 0.4) is 0 Å². The van der Waals surface area contributed by atoms with E-state index in [0.29, 0.717) is 24.1 Å². The van der Waals surface area contributed by atoms with Gasteiger partial charge in [-0.3, -0.25) is 14.6 Å². The van der Waals surface area contributed by atoms with Crippen LogP contribution in [0.5, 0.6) is 0 Å². The van der Waals surface area contributed by atoms with Gasteiger partial charge < -0.3 is 5.32 Å². The number of ketones is 1. The second-order valence-corrected chi connectivity index (χ2v) is 7.50. The zero-order chi connectivity index (χ0) is 24.9. The Kier molecular flexibility index (Phi) is 7.38. The Morgan fingerprint density at radius 3 is 1.97 bits per heavy atom. The van der Waals surface area contributed by atoms with E-state index in [9.17, 15) is 35.9 Å². The number of nitrogens with one attached hydrogen (secondary N) is 1. The van der Waals surface area contributed by atoms with Crippen LogP contribution in [0, 0.1) is 0 Å². The summed E-state index contributed by atoms with van der Waals surface area (Å²) < 4.78 is 77.9. The summed E-state index contributed by atoms with van der Waals surface area (Å²) in [6.45, 7) is 0. The molecule has 3 rings (SSSR count). The van der Waals surface area contributed by atoms with Crippen LogP contribution < -0.4 is 5.32 Å². The normalized spacial score (nSPS) is 11.8. The second kappa shape index (κ2) is 10.1. The van der Waals surface area contributed by atoms with Crippen molar-refractivity contribution in [2.75, 3.05) is 5.32 Å². The van der Waals surface area contributed by atoms with Crippen LogP contribution >= 0.6 is 0 Å². The van der Waals surface area contributed by atoms with E-state index in [-0.39, 0.29) is 24.0 Å². The Bertz CT molecular complexity index is 1120. The van der Waals surface area contributed by atoms with Crippen molar-refractivity contribution >= 4 is 17.4 Å². The third kappa shape index (κ3) is 6.90. The number of hydrogen-bond acceptors (Lipinski definition) is 3. The van der Waals surface area contributed by atoms with E-state index >= 15 is 0 Å². The average Bonchev–Trinajstić information content (AvgIpc) is 2.77. The number of anilines is 1. The predicted octanol–water partition coefficient (Wildman–Crippen LogP) is 6.12. The largest absolute Gasteiger partial charge is 0.416 e. The average molecular weight is 480 g/mol. The van der Waals surface area contributed by atoms with E-state index in [1.807, 2.05) is 6.07 Å².